The van der Waals surface area contributed by atoms with Gasteiger partial charge in [-0.1, -0.05) is 17.7 Å². The molecule has 0 saturated carbocycles. The van der Waals surface area contributed by atoms with Gasteiger partial charge in [-0.15, -0.1) is 0 Å². The third kappa shape index (κ3) is 3.06. The second-order valence-corrected chi connectivity index (χ2v) is 5.76. The fourth-order valence-corrected chi connectivity index (χ4v) is 2.42. The van der Waals surface area contributed by atoms with Gasteiger partial charge in [0.1, 0.15) is 0 Å². The summed E-state index contributed by atoms with van der Waals surface area (Å²) >= 11 is 9.33. The first-order chi connectivity index (χ1) is 10.1. The average molecular weight is 362 g/mol. The highest BCUT2D eigenvalue weighted by Gasteiger charge is 2.08. The standard InChI is InChI=1S/C16H10BrClN2O/c17-13-5-4-12(9-14(13)18)20-16(21)11-3-6-15-10(8-11)2-1-7-19-15/h1-9H,(H,20,21). The van der Waals surface area contributed by atoms with Gasteiger partial charge in [0.25, 0.3) is 5.91 Å². The lowest BCUT2D eigenvalue weighted by Gasteiger charge is -2.07. The number of pyridine rings is 1. The van der Waals surface area contributed by atoms with Gasteiger partial charge in [-0.3, -0.25) is 9.78 Å². The Labute approximate surface area is 135 Å². The van der Waals surface area contributed by atoms with E-state index in [2.05, 4.69) is 26.2 Å². The van der Waals surface area contributed by atoms with Crippen molar-refractivity contribution in [1.82, 2.24) is 4.98 Å². The maximum absolute atomic E-state index is 12.3. The largest absolute Gasteiger partial charge is 0.322 e. The molecular weight excluding hydrogens is 352 g/mol. The Morgan fingerprint density at radius 1 is 1.14 bits per heavy atom. The number of aromatic nitrogens is 1. The van der Waals surface area contributed by atoms with Crippen LogP contribution >= 0.6 is 27.5 Å². The maximum Gasteiger partial charge on any atom is 0.255 e. The zero-order chi connectivity index (χ0) is 14.8. The van der Waals surface area contributed by atoms with Crippen LogP contribution in [0, 0.1) is 0 Å². The Hall–Kier alpha value is -1.91. The number of amides is 1. The van der Waals surface area contributed by atoms with E-state index in [0.29, 0.717) is 16.3 Å². The lowest BCUT2D eigenvalue weighted by atomic mass is 10.1. The third-order valence-corrected chi connectivity index (χ3v) is 4.28. The van der Waals surface area contributed by atoms with Crippen molar-refractivity contribution in [3.8, 4) is 0 Å². The van der Waals surface area contributed by atoms with Gasteiger partial charge in [0.2, 0.25) is 0 Å². The van der Waals surface area contributed by atoms with E-state index >= 15 is 0 Å². The van der Waals surface area contributed by atoms with Crippen LogP contribution < -0.4 is 5.32 Å². The fourth-order valence-electron chi connectivity index (χ4n) is 1.99. The molecule has 0 unspecified atom stereocenters. The molecule has 21 heavy (non-hydrogen) atoms. The molecule has 2 aromatic carbocycles. The molecule has 104 valence electrons. The van der Waals surface area contributed by atoms with Crippen molar-refractivity contribution in [2.75, 3.05) is 5.32 Å². The van der Waals surface area contributed by atoms with Crippen molar-refractivity contribution in [3.63, 3.8) is 0 Å². The zero-order valence-electron chi connectivity index (χ0n) is 10.8. The molecule has 1 heterocycles. The molecule has 0 aliphatic carbocycles. The Bertz CT molecular complexity index is 835. The SMILES string of the molecule is O=C(Nc1ccc(Br)c(Cl)c1)c1ccc2ncccc2c1. The molecule has 3 nitrogen and oxygen atoms in total. The van der Waals surface area contributed by atoms with Gasteiger partial charge in [-0.25, -0.2) is 0 Å². The predicted molar refractivity (Wildman–Crippen MR) is 88.8 cm³/mol. The first-order valence-electron chi connectivity index (χ1n) is 6.25. The molecule has 0 atom stereocenters. The molecule has 0 bridgehead atoms. The Morgan fingerprint density at radius 3 is 2.81 bits per heavy atom. The molecule has 5 heteroatoms. The van der Waals surface area contributed by atoms with Gasteiger partial charge in [-0.2, -0.15) is 0 Å². The number of fused-ring (bicyclic) bond motifs is 1. The van der Waals surface area contributed by atoms with Crippen molar-refractivity contribution in [1.29, 1.82) is 0 Å². The van der Waals surface area contributed by atoms with E-state index in [1.807, 2.05) is 24.3 Å². The van der Waals surface area contributed by atoms with Crippen LogP contribution in [0.1, 0.15) is 10.4 Å². The molecule has 0 aliphatic heterocycles. The van der Waals surface area contributed by atoms with Gasteiger partial charge in [0.15, 0.2) is 0 Å². The fraction of sp³-hybridized carbons (Fsp3) is 0. The molecule has 1 aromatic heterocycles. The molecule has 0 fully saturated rings. The predicted octanol–water partition coefficient (Wildman–Crippen LogP) is 4.90. The van der Waals surface area contributed by atoms with E-state index in [1.165, 1.54) is 0 Å². The van der Waals surface area contributed by atoms with Gasteiger partial charge >= 0.3 is 0 Å². The number of nitrogens with one attached hydrogen (secondary N) is 1. The van der Waals surface area contributed by atoms with Crippen LogP contribution in [-0.4, -0.2) is 10.9 Å². The average Bonchev–Trinajstić information content (AvgIpc) is 2.50. The molecular formula is C16H10BrClN2O. The summed E-state index contributed by atoms with van der Waals surface area (Å²) in [4.78, 5) is 16.5. The Kier molecular flexibility index (Phi) is 3.90. The molecule has 1 N–H and O–H groups in total. The summed E-state index contributed by atoms with van der Waals surface area (Å²) in [6.45, 7) is 0. The number of nitrogens with zero attached hydrogens (tertiary/aromatic N) is 1. The number of carbonyl (C=O) groups is 1. The number of benzene rings is 2. The zero-order valence-corrected chi connectivity index (χ0v) is 13.1. The maximum atomic E-state index is 12.3. The molecule has 0 spiro atoms. The first-order valence-corrected chi connectivity index (χ1v) is 7.42. The highest BCUT2D eigenvalue weighted by Crippen LogP contribution is 2.26. The Morgan fingerprint density at radius 2 is 2.00 bits per heavy atom. The van der Waals surface area contributed by atoms with Gasteiger partial charge < -0.3 is 5.32 Å². The van der Waals surface area contributed by atoms with E-state index in [-0.39, 0.29) is 5.91 Å². The smallest absolute Gasteiger partial charge is 0.255 e. The summed E-state index contributed by atoms with van der Waals surface area (Å²) < 4.78 is 0.791. The first kappa shape index (κ1) is 14.0. The lowest BCUT2D eigenvalue weighted by Crippen LogP contribution is -2.11. The van der Waals surface area contributed by atoms with Gasteiger partial charge in [0.05, 0.1) is 10.5 Å². The minimum atomic E-state index is -0.181. The van der Waals surface area contributed by atoms with E-state index in [9.17, 15) is 4.79 Å². The minimum Gasteiger partial charge on any atom is -0.322 e. The molecule has 3 rings (SSSR count). The topological polar surface area (TPSA) is 42.0 Å². The molecule has 3 aromatic rings. The highest BCUT2D eigenvalue weighted by atomic mass is 79.9. The van der Waals surface area contributed by atoms with Crippen molar-refractivity contribution >= 4 is 50.0 Å². The highest BCUT2D eigenvalue weighted by molar-refractivity contribution is 9.10. The second kappa shape index (κ2) is 5.84. The van der Waals surface area contributed by atoms with E-state index in [1.54, 1.807) is 30.5 Å². The van der Waals surface area contributed by atoms with Gasteiger partial charge in [-0.05, 0) is 58.4 Å². The quantitative estimate of drug-likeness (QED) is 0.705. The lowest BCUT2D eigenvalue weighted by molar-refractivity contribution is 0.102. The normalized spacial score (nSPS) is 10.6. The van der Waals surface area contributed by atoms with Crippen LogP contribution in [-0.2, 0) is 0 Å². The number of anilines is 1. The number of hydrogen-bond donors (Lipinski definition) is 1. The molecule has 0 radical (unpaired) electrons. The molecule has 1 amide bonds. The summed E-state index contributed by atoms with van der Waals surface area (Å²) in [7, 11) is 0. The summed E-state index contributed by atoms with van der Waals surface area (Å²) in [5.41, 5.74) is 2.09. The molecule has 0 aliphatic rings. The van der Waals surface area contributed by atoms with Crippen molar-refractivity contribution in [2.24, 2.45) is 0 Å². The summed E-state index contributed by atoms with van der Waals surface area (Å²) in [5.74, 6) is -0.181. The van der Waals surface area contributed by atoms with Crippen LogP contribution in [0.4, 0.5) is 5.69 Å². The van der Waals surface area contributed by atoms with E-state index in [4.69, 9.17) is 11.6 Å². The van der Waals surface area contributed by atoms with Gasteiger partial charge in [0, 0.05) is 27.3 Å². The van der Waals surface area contributed by atoms with Crippen LogP contribution in [0.5, 0.6) is 0 Å². The molecule has 0 saturated heterocycles. The summed E-state index contributed by atoms with van der Waals surface area (Å²) in [6, 6.07) is 14.5. The number of halogens is 2. The number of carbonyl (C=O) groups excluding carboxylic acids is 1. The van der Waals surface area contributed by atoms with Crippen molar-refractivity contribution in [3.05, 3.63) is 69.8 Å². The van der Waals surface area contributed by atoms with E-state index in [0.717, 1.165) is 15.4 Å². The summed E-state index contributed by atoms with van der Waals surface area (Å²) in [6.07, 6.45) is 1.73. The minimum absolute atomic E-state index is 0.181. The number of hydrogen-bond acceptors (Lipinski definition) is 2. The monoisotopic (exact) mass is 360 g/mol. The Balaban J connectivity index is 1.87. The van der Waals surface area contributed by atoms with Crippen LogP contribution in [0.15, 0.2) is 59.2 Å². The van der Waals surface area contributed by atoms with Crippen LogP contribution in [0.25, 0.3) is 10.9 Å². The van der Waals surface area contributed by atoms with Crippen molar-refractivity contribution in [2.45, 2.75) is 0 Å². The number of rotatable bonds is 2. The van der Waals surface area contributed by atoms with Crippen LogP contribution in [0.3, 0.4) is 0 Å². The second-order valence-electron chi connectivity index (χ2n) is 4.49. The van der Waals surface area contributed by atoms with Crippen molar-refractivity contribution < 1.29 is 4.79 Å². The van der Waals surface area contributed by atoms with E-state index < -0.39 is 0 Å². The summed E-state index contributed by atoms with van der Waals surface area (Å²) in [5, 5.41) is 4.31. The third-order valence-electron chi connectivity index (χ3n) is 3.04. The van der Waals surface area contributed by atoms with Crippen LogP contribution in [0.2, 0.25) is 5.02 Å².